The highest BCUT2D eigenvalue weighted by Gasteiger charge is 2.24. The van der Waals surface area contributed by atoms with Gasteiger partial charge in [0.1, 0.15) is 5.75 Å². The van der Waals surface area contributed by atoms with Crippen LogP contribution in [0.1, 0.15) is 17.5 Å². The fraction of sp³-hybridized carbons (Fsp3) is 0.348. The smallest absolute Gasteiger partial charge is 0.321 e. The number of halogens is 1. The number of rotatable bonds is 4. The van der Waals surface area contributed by atoms with Gasteiger partial charge in [-0.25, -0.2) is 4.79 Å². The third-order valence-corrected chi connectivity index (χ3v) is 6.08. The van der Waals surface area contributed by atoms with Crippen LogP contribution in [0.15, 0.2) is 36.4 Å². The van der Waals surface area contributed by atoms with Crippen LogP contribution in [-0.2, 0) is 16.0 Å². The monoisotopic (exact) mass is 456 g/mol. The second-order valence-electron chi connectivity index (χ2n) is 7.92. The predicted molar refractivity (Wildman–Crippen MR) is 122 cm³/mol. The van der Waals surface area contributed by atoms with Gasteiger partial charge in [-0.3, -0.25) is 9.59 Å². The summed E-state index contributed by atoms with van der Waals surface area (Å²) >= 11 is 6.11. The topological polar surface area (TPSA) is 91.0 Å². The predicted octanol–water partition coefficient (Wildman–Crippen LogP) is 3.29. The summed E-state index contributed by atoms with van der Waals surface area (Å²) in [6, 6.07) is 10.6. The maximum atomic E-state index is 12.6. The van der Waals surface area contributed by atoms with Crippen molar-refractivity contribution in [2.45, 2.75) is 19.8 Å². The maximum Gasteiger partial charge on any atom is 0.321 e. The van der Waals surface area contributed by atoms with E-state index in [9.17, 15) is 14.4 Å². The number of nitrogens with zero attached hydrogens (tertiary/aromatic N) is 2. The number of carbonyl (C=O) groups is 3. The molecule has 2 aliphatic rings. The van der Waals surface area contributed by atoms with Gasteiger partial charge in [-0.15, -0.1) is 0 Å². The van der Waals surface area contributed by atoms with Gasteiger partial charge in [0.2, 0.25) is 5.91 Å². The van der Waals surface area contributed by atoms with Crippen molar-refractivity contribution in [2.24, 2.45) is 0 Å². The molecule has 2 aromatic rings. The first kappa shape index (κ1) is 22.0. The molecule has 4 rings (SSSR count). The average Bonchev–Trinajstić information content (AvgIpc) is 2.80. The van der Waals surface area contributed by atoms with E-state index in [-0.39, 0.29) is 24.5 Å². The number of hydrogen-bond acceptors (Lipinski definition) is 4. The van der Waals surface area contributed by atoms with Crippen LogP contribution in [0.3, 0.4) is 0 Å². The summed E-state index contributed by atoms with van der Waals surface area (Å²) in [4.78, 5) is 39.9. The Kier molecular flexibility index (Phi) is 6.50. The molecular weight excluding hydrogens is 432 g/mol. The van der Waals surface area contributed by atoms with E-state index < -0.39 is 0 Å². The summed E-state index contributed by atoms with van der Waals surface area (Å²) < 4.78 is 5.68. The zero-order valence-electron chi connectivity index (χ0n) is 17.8. The number of anilines is 2. The standard InChI is InChI=1S/C23H25ClN4O4/c1-15-2-4-17(13-19(15)24)25-23(31)28-10-8-27(9-11-28)22(30)14-32-18-5-6-20-16(12-18)3-7-21(29)26-20/h2,4-6,12-13H,3,7-11,14H2,1H3,(H,25,31)(H,26,29). The molecule has 2 heterocycles. The quantitative estimate of drug-likeness (QED) is 0.738. The van der Waals surface area contributed by atoms with Crippen LogP contribution in [0.5, 0.6) is 5.75 Å². The fourth-order valence-electron chi connectivity index (χ4n) is 3.72. The number of nitrogens with one attached hydrogen (secondary N) is 2. The van der Waals surface area contributed by atoms with E-state index in [1.165, 1.54) is 0 Å². The summed E-state index contributed by atoms with van der Waals surface area (Å²) in [5, 5.41) is 6.27. The van der Waals surface area contributed by atoms with Gasteiger partial charge in [0.15, 0.2) is 6.61 Å². The van der Waals surface area contributed by atoms with Gasteiger partial charge in [0.25, 0.3) is 5.91 Å². The molecule has 1 saturated heterocycles. The van der Waals surface area contributed by atoms with Crippen molar-refractivity contribution in [1.82, 2.24) is 9.80 Å². The highest BCUT2D eigenvalue weighted by Crippen LogP contribution is 2.27. The third-order valence-electron chi connectivity index (χ3n) is 5.68. The van der Waals surface area contributed by atoms with E-state index >= 15 is 0 Å². The molecule has 4 amide bonds. The lowest BCUT2D eigenvalue weighted by Crippen LogP contribution is -2.52. The Morgan fingerprint density at radius 1 is 1.06 bits per heavy atom. The van der Waals surface area contributed by atoms with E-state index in [1.807, 2.05) is 25.1 Å². The zero-order valence-corrected chi connectivity index (χ0v) is 18.6. The number of piperazine rings is 1. The van der Waals surface area contributed by atoms with Crippen molar-refractivity contribution < 1.29 is 19.1 Å². The molecule has 1 fully saturated rings. The van der Waals surface area contributed by atoms with E-state index in [1.54, 1.807) is 28.0 Å². The lowest BCUT2D eigenvalue weighted by atomic mass is 10.0. The van der Waals surface area contributed by atoms with Gasteiger partial charge in [0.05, 0.1) is 0 Å². The molecule has 0 atom stereocenters. The van der Waals surface area contributed by atoms with Crippen molar-refractivity contribution in [2.75, 3.05) is 43.4 Å². The zero-order chi connectivity index (χ0) is 22.7. The minimum atomic E-state index is -0.214. The molecule has 0 aromatic heterocycles. The van der Waals surface area contributed by atoms with E-state index in [4.69, 9.17) is 16.3 Å². The van der Waals surface area contributed by atoms with Crippen LogP contribution in [0, 0.1) is 6.92 Å². The molecule has 9 heteroatoms. The molecule has 168 valence electrons. The Hall–Kier alpha value is -3.26. The van der Waals surface area contributed by atoms with Crippen LogP contribution < -0.4 is 15.4 Å². The van der Waals surface area contributed by atoms with Crippen LogP contribution in [0.4, 0.5) is 16.2 Å². The summed E-state index contributed by atoms with van der Waals surface area (Å²) in [6.07, 6.45) is 1.11. The second kappa shape index (κ2) is 9.48. The Morgan fingerprint density at radius 3 is 2.56 bits per heavy atom. The van der Waals surface area contributed by atoms with Gasteiger partial charge in [-0.05, 0) is 54.8 Å². The van der Waals surface area contributed by atoms with Gasteiger partial charge in [-0.2, -0.15) is 0 Å². The molecule has 2 aliphatic heterocycles. The number of amides is 4. The number of ether oxygens (including phenoxy) is 1. The van der Waals surface area contributed by atoms with Crippen molar-refractivity contribution in [1.29, 1.82) is 0 Å². The van der Waals surface area contributed by atoms with Crippen LogP contribution in [0.25, 0.3) is 0 Å². The molecule has 0 spiro atoms. The summed E-state index contributed by atoms with van der Waals surface area (Å²) in [7, 11) is 0. The number of fused-ring (bicyclic) bond motifs is 1. The van der Waals surface area contributed by atoms with Crippen LogP contribution in [-0.4, -0.2) is 60.4 Å². The molecular formula is C23H25ClN4O4. The van der Waals surface area contributed by atoms with Crippen molar-refractivity contribution in [3.8, 4) is 5.75 Å². The van der Waals surface area contributed by atoms with Gasteiger partial charge in [-0.1, -0.05) is 17.7 Å². The Balaban J connectivity index is 1.24. The average molecular weight is 457 g/mol. The van der Waals surface area contributed by atoms with Gasteiger partial charge < -0.3 is 25.2 Å². The number of carbonyl (C=O) groups excluding carboxylic acids is 3. The highest BCUT2D eigenvalue weighted by molar-refractivity contribution is 6.31. The number of hydrogen-bond donors (Lipinski definition) is 2. The number of aryl methyl sites for hydroxylation is 2. The Bertz CT molecular complexity index is 1050. The molecule has 32 heavy (non-hydrogen) atoms. The summed E-state index contributed by atoms with van der Waals surface area (Å²) in [6.45, 7) is 3.60. The molecule has 0 aliphatic carbocycles. The molecule has 0 saturated carbocycles. The van der Waals surface area contributed by atoms with Gasteiger partial charge in [0, 0.05) is 49.0 Å². The molecule has 0 radical (unpaired) electrons. The van der Waals surface area contributed by atoms with Crippen molar-refractivity contribution in [3.05, 3.63) is 52.5 Å². The number of benzene rings is 2. The minimum Gasteiger partial charge on any atom is -0.484 e. The lowest BCUT2D eigenvalue weighted by molar-refractivity contribution is -0.134. The second-order valence-corrected chi connectivity index (χ2v) is 8.32. The first-order valence-electron chi connectivity index (χ1n) is 10.5. The first-order chi connectivity index (χ1) is 15.4. The Labute approximate surface area is 191 Å². The fourth-order valence-corrected chi connectivity index (χ4v) is 3.90. The maximum absolute atomic E-state index is 12.6. The molecule has 8 nitrogen and oxygen atoms in total. The van der Waals surface area contributed by atoms with E-state index in [0.29, 0.717) is 55.5 Å². The van der Waals surface area contributed by atoms with E-state index in [2.05, 4.69) is 10.6 Å². The molecule has 0 bridgehead atoms. The SMILES string of the molecule is Cc1ccc(NC(=O)N2CCN(C(=O)COc3ccc4c(c3)CCC(=O)N4)CC2)cc1Cl. The Morgan fingerprint density at radius 2 is 1.81 bits per heavy atom. The van der Waals surface area contributed by atoms with Crippen molar-refractivity contribution in [3.63, 3.8) is 0 Å². The van der Waals surface area contributed by atoms with Crippen molar-refractivity contribution >= 4 is 40.8 Å². The largest absolute Gasteiger partial charge is 0.484 e. The third kappa shape index (κ3) is 5.13. The highest BCUT2D eigenvalue weighted by atomic mass is 35.5. The molecule has 2 N–H and O–H groups in total. The lowest BCUT2D eigenvalue weighted by Gasteiger charge is -2.34. The number of urea groups is 1. The molecule has 0 unspecified atom stereocenters. The first-order valence-corrected chi connectivity index (χ1v) is 10.9. The molecule has 2 aromatic carbocycles. The van der Waals surface area contributed by atoms with Crippen LogP contribution >= 0.6 is 11.6 Å². The summed E-state index contributed by atoms with van der Waals surface area (Å²) in [5.74, 6) is 0.487. The summed E-state index contributed by atoms with van der Waals surface area (Å²) in [5.41, 5.74) is 3.38. The minimum absolute atomic E-state index is 0.0110. The van der Waals surface area contributed by atoms with Crippen LogP contribution in [0.2, 0.25) is 5.02 Å². The van der Waals surface area contributed by atoms with E-state index in [0.717, 1.165) is 16.8 Å². The van der Waals surface area contributed by atoms with Gasteiger partial charge >= 0.3 is 6.03 Å². The normalized spacial score (nSPS) is 15.6.